The van der Waals surface area contributed by atoms with Gasteiger partial charge in [-0.25, -0.2) is 0 Å². The first-order valence-corrected chi connectivity index (χ1v) is 7.98. The first kappa shape index (κ1) is 12.2. The summed E-state index contributed by atoms with van der Waals surface area (Å²) in [5.74, 6) is 0. The van der Waals surface area contributed by atoms with Crippen molar-refractivity contribution in [3.05, 3.63) is 42.6 Å². The van der Waals surface area contributed by atoms with Gasteiger partial charge >= 0.3 is 0 Å². The first-order valence-electron chi connectivity index (χ1n) is 5.74. The second kappa shape index (κ2) is 4.80. The summed E-state index contributed by atoms with van der Waals surface area (Å²) >= 11 is 0. The highest BCUT2D eigenvalue weighted by molar-refractivity contribution is 6.97. The highest BCUT2D eigenvalue weighted by Gasteiger charge is 2.38. The third-order valence-corrected chi connectivity index (χ3v) is 9.35. The molecule has 1 rings (SSSR count). The summed E-state index contributed by atoms with van der Waals surface area (Å²) in [6.07, 6.45) is 0. The molecule has 0 N–H and O–H groups in total. The SMILES string of the molecule is C=C[Si](c1ccccc1)(C(C)C)C(C)C. The van der Waals surface area contributed by atoms with E-state index >= 15 is 0 Å². The van der Waals surface area contributed by atoms with Crippen molar-refractivity contribution in [1.82, 2.24) is 0 Å². The van der Waals surface area contributed by atoms with Gasteiger partial charge in [-0.15, -0.1) is 6.58 Å². The summed E-state index contributed by atoms with van der Waals surface area (Å²) < 4.78 is 0. The van der Waals surface area contributed by atoms with E-state index < -0.39 is 8.07 Å². The summed E-state index contributed by atoms with van der Waals surface area (Å²) in [5.41, 5.74) is 3.67. The van der Waals surface area contributed by atoms with Crippen LogP contribution in [-0.2, 0) is 0 Å². The minimum Gasteiger partial charge on any atom is -0.107 e. The Kier molecular flexibility index (Phi) is 3.92. The van der Waals surface area contributed by atoms with Crippen LogP contribution in [0.2, 0.25) is 11.1 Å². The molecule has 1 aromatic rings. The maximum absolute atomic E-state index is 4.11. The molecule has 0 heterocycles. The number of hydrogen-bond acceptors (Lipinski definition) is 0. The van der Waals surface area contributed by atoms with Gasteiger partial charge in [-0.2, -0.15) is 0 Å². The molecule has 0 aliphatic heterocycles. The second-order valence-electron chi connectivity index (χ2n) is 4.81. The van der Waals surface area contributed by atoms with Crippen LogP contribution in [0.3, 0.4) is 0 Å². The van der Waals surface area contributed by atoms with Crippen molar-refractivity contribution >= 4 is 13.3 Å². The molecule has 0 spiro atoms. The van der Waals surface area contributed by atoms with Crippen LogP contribution in [0.1, 0.15) is 27.7 Å². The summed E-state index contributed by atoms with van der Waals surface area (Å²) in [6, 6.07) is 10.9. The van der Waals surface area contributed by atoms with Crippen LogP contribution in [0.5, 0.6) is 0 Å². The number of hydrogen-bond donors (Lipinski definition) is 0. The molecule has 1 aromatic carbocycles. The van der Waals surface area contributed by atoms with Gasteiger partial charge in [0.2, 0.25) is 0 Å². The Morgan fingerprint density at radius 3 is 1.80 bits per heavy atom. The zero-order valence-corrected chi connectivity index (χ0v) is 11.3. The van der Waals surface area contributed by atoms with Crippen molar-refractivity contribution in [2.24, 2.45) is 0 Å². The largest absolute Gasteiger partial charge is 0.114 e. The van der Waals surface area contributed by atoms with E-state index in [0.717, 1.165) is 0 Å². The lowest BCUT2D eigenvalue weighted by atomic mass is 10.4. The van der Waals surface area contributed by atoms with Crippen molar-refractivity contribution in [1.29, 1.82) is 0 Å². The number of rotatable bonds is 4. The van der Waals surface area contributed by atoms with Crippen LogP contribution in [0.25, 0.3) is 0 Å². The standard InChI is InChI=1S/C14H22Si/c1-6-15(12(2)3,13(4)5)14-10-8-7-9-11-14/h6-13H,1H2,2-5H3. The zero-order chi connectivity index (χ0) is 11.5. The topological polar surface area (TPSA) is 0 Å². The maximum atomic E-state index is 4.11. The molecule has 0 radical (unpaired) electrons. The Morgan fingerprint density at radius 1 is 1.00 bits per heavy atom. The molecule has 0 aliphatic rings. The molecular formula is C14H22Si. The molecule has 0 saturated heterocycles. The third kappa shape index (κ3) is 2.07. The molecule has 0 unspecified atom stereocenters. The Balaban J connectivity index is 3.28. The molecular weight excluding hydrogens is 196 g/mol. The van der Waals surface area contributed by atoms with Crippen LogP contribution in [0, 0.1) is 0 Å². The van der Waals surface area contributed by atoms with Crippen LogP contribution in [0.4, 0.5) is 0 Å². The Morgan fingerprint density at radius 2 is 1.47 bits per heavy atom. The lowest BCUT2D eigenvalue weighted by molar-refractivity contribution is 0.927. The minimum absolute atomic E-state index is 0.706. The second-order valence-corrected chi connectivity index (χ2v) is 9.97. The van der Waals surface area contributed by atoms with Crippen molar-refractivity contribution in [3.63, 3.8) is 0 Å². The van der Waals surface area contributed by atoms with E-state index in [0.29, 0.717) is 11.1 Å². The monoisotopic (exact) mass is 218 g/mol. The highest BCUT2D eigenvalue weighted by atomic mass is 28.3. The van der Waals surface area contributed by atoms with Gasteiger partial charge in [0.1, 0.15) is 8.07 Å². The van der Waals surface area contributed by atoms with E-state index in [2.05, 4.69) is 70.3 Å². The van der Waals surface area contributed by atoms with Crippen LogP contribution >= 0.6 is 0 Å². The molecule has 0 nitrogen and oxygen atoms in total. The summed E-state index contributed by atoms with van der Waals surface area (Å²) in [5, 5.41) is 1.52. The van der Waals surface area contributed by atoms with E-state index in [-0.39, 0.29) is 0 Å². The van der Waals surface area contributed by atoms with Gasteiger partial charge in [0.05, 0.1) is 0 Å². The van der Waals surface area contributed by atoms with Gasteiger partial charge in [-0.3, -0.25) is 0 Å². The van der Waals surface area contributed by atoms with Gasteiger partial charge in [0.15, 0.2) is 0 Å². The fourth-order valence-electron chi connectivity index (χ4n) is 2.65. The molecule has 0 aliphatic carbocycles. The molecule has 82 valence electrons. The Labute approximate surface area is 95.0 Å². The molecule has 15 heavy (non-hydrogen) atoms. The lowest BCUT2D eigenvalue weighted by Gasteiger charge is -2.37. The third-order valence-electron chi connectivity index (χ3n) is 3.52. The summed E-state index contributed by atoms with van der Waals surface area (Å²) in [6.45, 7) is 13.5. The van der Waals surface area contributed by atoms with E-state index in [1.54, 1.807) is 0 Å². The van der Waals surface area contributed by atoms with Gasteiger partial charge in [-0.1, -0.05) is 68.9 Å². The quantitative estimate of drug-likeness (QED) is 0.673. The normalized spacial score (nSPS) is 12.1. The predicted molar refractivity (Wildman–Crippen MR) is 72.2 cm³/mol. The van der Waals surface area contributed by atoms with Gasteiger partial charge in [0, 0.05) is 0 Å². The van der Waals surface area contributed by atoms with Crippen molar-refractivity contribution in [2.75, 3.05) is 0 Å². The van der Waals surface area contributed by atoms with Crippen molar-refractivity contribution < 1.29 is 0 Å². The smallest absolute Gasteiger partial charge is 0.107 e. The summed E-state index contributed by atoms with van der Waals surface area (Å²) in [4.78, 5) is 0. The predicted octanol–water partition coefficient (Wildman–Crippen LogP) is 3.89. The molecule has 0 saturated carbocycles. The van der Waals surface area contributed by atoms with Crippen molar-refractivity contribution in [3.8, 4) is 0 Å². The molecule has 0 amide bonds. The zero-order valence-electron chi connectivity index (χ0n) is 10.3. The number of benzene rings is 1. The average molecular weight is 218 g/mol. The van der Waals surface area contributed by atoms with E-state index in [1.165, 1.54) is 5.19 Å². The molecule has 0 atom stereocenters. The molecule has 0 fully saturated rings. The first-order chi connectivity index (χ1) is 7.05. The lowest BCUT2D eigenvalue weighted by Crippen LogP contribution is -2.51. The Hall–Kier alpha value is -0.823. The molecule has 0 bridgehead atoms. The van der Waals surface area contributed by atoms with Crippen LogP contribution in [-0.4, -0.2) is 8.07 Å². The molecule has 1 heteroatoms. The van der Waals surface area contributed by atoms with Crippen LogP contribution in [0.15, 0.2) is 42.6 Å². The van der Waals surface area contributed by atoms with E-state index in [4.69, 9.17) is 0 Å². The Bertz CT molecular complexity index is 303. The fourth-order valence-corrected chi connectivity index (χ4v) is 7.26. The van der Waals surface area contributed by atoms with Gasteiger partial charge in [-0.05, 0) is 11.1 Å². The average Bonchev–Trinajstić information content (AvgIpc) is 2.20. The van der Waals surface area contributed by atoms with Gasteiger partial charge < -0.3 is 0 Å². The maximum Gasteiger partial charge on any atom is 0.114 e. The van der Waals surface area contributed by atoms with Crippen LogP contribution < -0.4 is 5.19 Å². The van der Waals surface area contributed by atoms with E-state index in [9.17, 15) is 0 Å². The van der Waals surface area contributed by atoms with Crippen molar-refractivity contribution in [2.45, 2.75) is 38.8 Å². The van der Waals surface area contributed by atoms with Gasteiger partial charge in [0.25, 0.3) is 0 Å². The fraction of sp³-hybridized carbons (Fsp3) is 0.429. The molecule has 0 aromatic heterocycles. The van der Waals surface area contributed by atoms with E-state index in [1.807, 2.05) is 0 Å². The highest BCUT2D eigenvalue weighted by Crippen LogP contribution is 2.32. The summed E-state index contributed by atoms with van der Waals surface area (Å²) in [7, 11) is -1.54. The minimum atomic E-state index is -1.54.